The lowest BCUT2D eigenvalue weighted by Gasteiger charge is -2.06. The summed E-state index contributed by atoms with van der Waals surface area (Å²) in [6.45, 7) is 5.03. The summed E-state index contributed by atoms with van der Waals surface area (Å²) >= 11 is 0. The van der Waals surface area contributed by atoms with E-state index in [0.717, 1.165) is 12.8 Å². The van der Waals surface area contributed by atoms with Crippen LogP contribution in [0, 0.1) is 11.7 Å². The summed E-state index contributed by atoms with van der Waals surface area (Å²) in [4.78, 5) is 15.9. The Morgan fingerprint density at radius 3 is 2.87 bits per heavy atom. The Morgan fingerprint density at radius 1 is 1.35 bits per heavy atom. The van der Waals surface area contributed by atoms with Crippen LogP contribution >= 0.6 is 0 Å². The Balaban J connectivity index is 1.79. The lowest BCUT2D eigenvalue weighted by atomic mass is 10.1. The summed E-state index contributed by atoms with van der Waals surface area (Å²) in [6, 6.07) is 6.38. The van der Waals surface area contributed by atoms with Crippen LogP contribution in [-0.2, 0) is 11.2 Å². The van der Waals surface area contributed by atoms with E-state index in [1.165, 1.54) is 12.3 Å². The van der Waals surface area contributed by atoms with Gasteiger partial charge >= 0.3 is 0 Å². The van der Waals surface area contributed by atoms with Crippen molar-refractivity contribution in [3.05, 3.63) is 42.2 Å². The molecule has 1 aromatic heterocycles. The number of hydrogen-bond acceptors (Lipinski definition) is 3. The molecule has 23 heavy (non-hydrogen) atoms. The van der Waals surface area contributed by atoms with E-state index in [2.05, 4.69) is 24.1 Å². The van der Waals surface area contributed by atoms with E-state index in [0.29, 0.717) is 42.5 Å². The largest absolute Gasteiger partial charge is 0.441 e. The zero-order valence-corrected chi connectivity index (χ0v) is 13.6. The van der Waals surface area contributed by atoms with Crippen LogP contribution in [0.25, 0.3) is 11.3 Å². The average Bonchev–Trinajstić information content (AvgIpc) is 2.98. The number of nitrogens with zero attached hydrogens (tertiary/aromatic N) is 1. The summed E-state index contributed by atoms with van der Waals surface area (Å²) in [6.07, 6.45) is 4.31. The molecule has 4 nitrogen and oxygen atoms in total. The minimum absolute atomic E-state index is 0.0144. The van der Waals surface area contributed by atoms with Crippen molar-refractivity contribution in [2.75, 3.05) is 6.54 Å². The fraction of sp³-hybridized carbons (Fsp3) is 0.444. The first-order valence-corrected chi connectivity index (χ1v) is 8.02. The van der Waals surface area contributed by atoms with E-state index in [9.17, 15) is 9.18 Å². The second-order valence-corrected chi connectivity index (χ2v) is 5.98. The highest BCUT2D eigenvalue weighted by Gasteiger charge is 2.11. The van der Waals surface area contributed by atoms with E-state index in [-0.39, 0.29) is 11.7 Å². The SMILES string of the molecule is CC(C)CCCNC(=O)CCc1ncc(-c2ccccc2F)o1. The Bertz CT molecular complexity index is 637. The Hall–Kier alpha value is -2.17. The summed E-state index contributed by atoms with van der Waals surface area (Å²) < 4.78 is 19.2. The van der Waals surface area contributed by atoms with Gasteiger partial charge in [0.25, 0.3) is 0 Å². The number of hydrogen-bond donors (Lipinski definition) is 1. The molecule has 0 saturated carbocycles. The molecule has 0 fully saturated rings. The molecular formula is C18H23FN2O2. The highest BCUT2D eigenvalue weighted by molar-refractivity contribution is 5.76. The molecule has 0 spiro atoms. The maximum absolute atomic E-state index is 13.7. The van der Waals surface area contributed by atoms with Crippen molar-refractivity contribution in [2.45, 2.75) is 39.5 Å². The molecule has 5 heteroatoms. The average molecular weight is 318 g/mol. The topological polar surface area (TPSA) is 55.1 Å². The van der Waals surface area contributed by atoms with Crippen molar-refractivity contribution >= 4 is 5.91 Å². The molecule has 0 atom stereocenters. The molecule has 0 radical (unpaired) electrons. The third kappa shape index (κ3) is 5.51. The van der Waals surface area contributed by atoms with Gasteiger partial charge < -0.3 is 9.73 Å². The van der Waals surface area contributed by atoms with E-state index < -0.39 is 0 Å². The summed E-state index contributed by atoms with van der Waals surface area (Å²) in [5, 5.41) is 2.89. The second-order valence-electron chi connectivity index (χ2n) is 5.98. The van der Waals surface area contributed by atoms with Crippen molar-refractivity contribution in [1.82, 2.24) is 10.3 Å². The molecule has 2 rings (SSSR count). The molecule has 2 aromatic rings. The van der Waals surface area contributed by atoms with Crippen molar-refractivity contribution in [3.8, 4) is 11.3 Å². The van der Waals surface area contributed by atoms with Gasteiger partial charge in [0.1, 0.15) is 5.82 Å². The molecule has 0 bridgehead atoms. The van der Waals surface area contributed by atoms with E-state index in [4.69, 9.17) is 4.42 Å². The quantitative estimate of drug-likeness (QED) is 0.749. The van der Waals surface area contributed by atoms with Gasteiger partial charge in [-0.2, -0.15) is 0 Å². The number of amides is 1. The number of carbonyl (C=O) groups excluding carboxylic acids is 1. The smallest absolute Gasteiger partial charge is 0.220 e. The number of rotatable bonds is 8. The number of aromatic nitrogens is 1. The van der Waals surface area contributed by atoms with Crippen LogP contribution < -0.4 is 5.32 Å². The van der Waals surface area contributed by atoms with Gasteiger partial charge in [-0.1, -0.05) is 26.0 Å². The van der Waals surface area contributed by atoms with Gasteiger partial charge in [0, 0.05) is 19.4 Å². The van der Waals surface area contributed by atoms with Crippen molar-refractivity contribution in [2.24, 2.45) is 5.92 Å². The third-order valence-electron chi connectivity index (χ3n) is 3.54. The molecule has 0 saturated heterocycles. The van der Waals surface area contributed by atoms with Crippen molar-refractivity contribution in [1.29, 1.82) is 0 Å². The van der Waals surface area contributed by atoms with Gasteiger partial charge in [-0.15, -0.1) is 0 Å². The fourth-order valence-electron chi connectivity index (χ4n) is 2.26. The van der Waals surface area contributed by atoms with Gasteiger partial charge in [0.05, 0.1) is 11.8 Å². The number of nitrogens with one attached hydrogen (secondary N) is 1. The third-order valence-corrected chi connectivity index (χ3v) is 3.54. The van der Waals surface area contributed by atoms with E-state index in [1.54, 1.807) is 18.2 Å². The first-order chi connectivity index (χ1) is 11.1. The predicted octanol–water partition coefficient (Wildman–Crippen LogP) is 3.97. The van der Waals surface area contributed by atoms with Gasteiger partial charge in [-0.05, 0) is 30.9 Å². The zero-order chi connectivity index (χ0) is 16.7. The summed E-state index contributed by atoms with van der Waals surface area (Å²) in [7, 11) is 0. The number of benzene rings is 1. The molecule has 124 valence electrons. The van der Waals surface area contributed by atoms with E-state index >= 15 is 0 Å². The molecule has 1 aromatic carbocycles. The number of halogens is 1. The van der Waals surface area contributed by atoms with Gasteiger partial charge in [0.2, 0.25) is 5.91 Å². The highest BCUT2D eigenvalue weighted by atomic mass is 19.1. The summed E-state index contributed by atoms with van der Waals surface area (Å²) in [5.41, 5.74) is 0.379. The maximum atomic E-state index is 13.7. The maximum Gasteiger partial charge on any atom is 0.220 e. The molecule has 0 aliphatic rings. The van der Waals surface area contributed by atoms with Gasteiger partial charge in [-0.25, -0.2) is 9.37 Å². The van der Waals surface area contributed by atoms with Crippen LogP contribution in [0.2, 0.25) is 0 Å². The van der Waals surface area contributed by atoms with Crippen LogP contribution in [0.1, 0.15) is 39.0 Å². The Morgan fingerprint density at radius 2 is 2.13 bits per heavy atom. The monoisotopic (exact) mass is 318 g/mol. The molecule has 0 unspecified atom stereocenters. The van der Waals surface area contributed by atoms with Crippen LogP contribution in [0.4, 0.5) is 4.39 Å². The number of aryl methyl sites for hydroxylation is 1. The lowest BCUT2D eigenvalue weighted by Crippen LogP contribution is -2.24. The first-order valence-electron chi connectivity index (χ1n) is 8.02. The normalized spacial score (nSPS) is 11.0. The minimum atomic E-state index is -0.349. The van der Waals surface area contributed by atoms with E-state index in [1.807, 2.05) is 0 Å². The fourth-order valence-corrected chi connectivity index (χ4v) is 2.26. The molecular weight excluding hydrogens is 295 g/mol. The van der Waals surface area contributed by atoms with Crippen molar-refractivity contribution in [3.63, 3.8) is 0 Å². The van der Waals surface area contributed by atoms with Crippen LogP contribution in [-0.4, -0.2) is 17.4 Å². The zero-order valence-electron chi connectivity index (χ0n) is 13.6. The standard InChI is InChI=1S/C18H23FN2O2/c1-13(2)6-5-11-20-17(22)9-10-18-21-12-16(23-18)14-7-3-4-8-15(14)19/h3-4,7-8,12-13H,5-6,9-11H2,1-2H3,(H,20,22). The number of carbonyl (C=O) groups is 1. The Kier molecular flexibility index (Phi) is 6.32. The first kappa shape index (κ1) is 17.2. The van der Waals surface area contributed by atoms with Gasteiger partial charge in [0.15, 0.2) is 11.7 Å². The minimum Gasteiger partial charge on any atom is -0.441 e. The second kappa shape index (κ2) is 8.46. The molecule has 1 N–H and O–H groups in total. The highest BCUT2D eigenvalue weighted by Crippen LogP contribution is 2.23. The van der Waals surface area contributed by atoms with Gasteiger partial charge in [-0.3, -0.25) is 4.79 Å². The lowest BCUT2D eigenvalue weighted by molar-refractivity contribution is -0.121. The predicted molar refractivity (Wildman–Crippen MR) is 87.3 cm³/mol. The Labute approximate surface area is 136 Å². The number of oxazole rings is 1. The molecule has 0 aliphatic carbocycles. The molecule has 0 aliphatic heterocycles. The van der Waals surface area contributed by atoms with Crippen molar-refractivity contribution < 1.29 is 13.6 Å². The van der Waals surface area contributed by atoms with Crippen LogP contribution in [0.15, 0.2) is 34.9 Å². The molecule has 1 heterocycles. The summed E-state index contributed by atoms with van der Waals surface area (Å²) in [5.74, 6) is 1.12. The van der Waals surface area contributed by atoms with Crippen LogP contribution in [0.3, 0.4) is 0 Å². The van der Waals surface area contributed by atoms with Crippen LogP contribution in [0.5, 0.6) is 0 Å². The molecule has 1 amide bonds.